The van der Waals surface area contributed by atoms with Gasteiger partial charge in [0, 0.05) is 37.4 Å². The number of likely N-dealkylation sites (N-methyl/N-ethyl adjacent to an activating group) is 1. The van der Waals surface area contributed by atoms with Gasteiger partial charge in [-0.1, -0.05) is 49.6 Å². The minimum absolute atomic E-state index is 0.0143. The molecule has 0 saturated carbocycles. The molecule has 5 N–H and O–H groups in total. The summed E-state index contributed by atoms with van der Waals surface area (Å²) in [5, 5.41) is 14.8. The molecule has 2 atom stereocenters. The number of carbonyl (C=O) groups is 4. The van der Waals surface area contributed by atoms with Crippen molar-refractivity contribution < 1.29 is 24.3 Å². The van der Waals surface area contributed by atoms with Gasteiger partial charge in [0.2, 0.25) is 11.7 Å². The number of hydrogen-bond acceptors (Lipinski definition) is 8. The van der Waals surface area contributed by atoms with Crippen LogP contribution in [0.4, 0.5) is 5.69 Å². The Labute approximate surface area is 250 Å². The van der Waals surface area contributed by atoms with E-state index >= 15 is 0 Å². The van der Waals surface area contributed by atoms with Crippen molar-refractivity contribution in [3.8, 4) is 0 Å². The fourth-order valence-electron chi connectivity index (χ4n) is 4.99. The Bertz CT molecular complexity index is 1530. The molecule has 1 aliphatic carbocycles. The summed E-state index contributed by atoms with van der Waals surface area (Å²) < 4.78 is 0. The highest BCUT2D eigenvalue weighted by molar-refractivity contribution is 6.21. The molecule has 11 nitrogen and oxygen atoms in total. The first kappa shape index (κ1) is 30.8. The van der Waals surface area contributed by atoms with Crippen molar-refractivity contribution in [3.63, 3.8) is 0 Å². The summed E-state index contributed by atoms with van der Waals surface area (Å²) in [5.74, 6) is -1.96. The molecular weight excluding hydrogens is 548 g/mol. The van der Waals surface area contributed by atoms with Gasteiger partial charge in [0.15, 0.2) is 0 Å². The maximum atomic E-state index is 13.2. The van der Waals surface area contributed by atoms with Gasteiger partial charge in [0.1, 0.15) is 17.4 Å². The maximum Gasteiger partial charge on any atom is 0.335 e. The van der Waals surface area contributed by atoms with Crippen LogP contribution in [0.25, 0.3) is 0 Å². The van der Waals surface area contributed by atoms with E-state index in [1.165, 1.54) is 18.5 Å². The highest BCUT2D eigenvalue weighted by atomic mass is 16.4. The molecule has 0 fully saturated rings. The number of amides is 2. The van der Waals surface area contributed by atoms with E-state index in [-0.39, 0.29) is 35.5 Å². The van der Waals surface area contributed by atoms with Crippen molar-refractivity contribution in [2.75, 3.05) is 18.5 Å². The zero-order valence-electron chi connectivity index (χ0n) is 24.3. The smallest absolute Gasteiger partial charge is 0.335 e. The van der Waals surface area contributed by atoms with Crippen LogP contribution in [0, 0.1) is 0 Å². The Morgan fingerprint density at radius 1 is 1.30 bits per heavy atom. The number of carboxylic acid groups (broad SMARTS) is 1. The average molecular weight is 585 g/mol. The second kappa shape index (κ2) is 13.2. The van der Waals surface area contributed by atoms with Crippen LogP contribution in [0.1, 0.15) is 30.9 Å². The Morgan fingerprint density at radius 2 is 2.07 bits per heavy atom. The average Bonchev–Trinajstić information content (AvgIpc) is 3.40. The summed E-state index contributed by atoms with van der Waals surface area (Å²) in [6.07, 6.45) is 11.6. The van der Waals surface area contributed by atoms with Crippen molar-refractivity contribution in [2.24, 2.45) is 10.7 Å². The lowest BCUT2D eigenvalue weighted by atomic mass is 9.92. The number of Topliss-reactive ketones (excluding diaryl/α,β-unsaturated/α-hetero) is 1. The van der Waals surface area contributed by atoms with E-state index in [9.17, 15) is 19.2 Å². The summed E-state index contributed by atoms with van der Waals surface area (Å²) in [4.78, 5) is 57.2. The fraction of sp³-hybridized carbons (Fsp3) is 0.281. The first-order valence-electron chi connectivity index (χ1n) is 13.9. The Morgan fingerprint density at radius 3 is 2.77 bits per heavy atom. The number of fused-ring (bicyclic) bond motifs is 1. The SMILES string of the molecule is C=C(/C=C/CCC(/C=C/C)NC(=O)C1=CC(C(=O)NCc2ccc3c(c2)N(C2=C(N)C(=C)C2=O)CC3)N(C)C=N1)C(=O)O. The Balaban J connectivity index is 1.37. The zero-order valence-corrected chi connectivity index (χ0v) is 24.3. The van der Waals surface area contributed by atoms with Crippen LogP contribution in [-0.4, -0.2) is 65.6 Å². The highest BCUT2D eigenvalue weighted by Gasteiger charge is 2.37. The third-order valence-corrected chi connectivity index (χ3v) is 7.47. The van der Waals surface area contributed by atoms with Gasteiger partial charge >= 0.3 is 5.97 Å². The number of nitrogens with two attached hydrogens (primary N) is 1. The summed E-state index contributed by atoms with van der Waals surface area (Å²) in [7, 11) is 1.70. The van der Waals surface area contributed by atoms with E-state index < -0.39 is 17.9 Å². The van der Waals surface area contributed by atoms with Crippen LogP contribution in [0.3, 0.4) is 0 Å². The van der Waals surface area contributed by atoms with Gasteiger partial charge in [0.05, 0.1) is 17.6 Å². The number of allylic oxidation sites excluding steroid dienone is 4. The van der Waals surface area contributed by atoms with Gasteiger partial charge in [0.25, 0.3) is 5.91 Å². The van der Waals surface area contributed by atoms with Crippen LogP contribution in [0.15, 0.2) is 95.0 Å². The van der Waals surface area contributed by atoms with Crippen molar-refractivity contribution >= 4 is 35.6 Å². The standard InChI is InChI=1S/C32H36N6O5/c1-5-8-23(10-7-6-9-19(2)32(42)43)36-30(40)24-16-26(37(4)18-35-24)31(41)34-17-21-11-12-22-13-14-38(25(22)15-21)28-27(33)20(3)29(28)39/h5-6,8-9,11-12,15-16,18,23,26H,2-3,7,10,13-14,17,33H2,1,4H3,(H,34,41)(H,36,40)(H,42,43)/b8-5+,9-6+. The molecule has 0 bridgehead atoms. The summed E-state index contributed by atoms with van der Waals surface area (Å²) in [5.41, 5.74) is 10.2. The van der Waals surface area contributed by atoms with E-state index in [4.69, 9.17) is 10.8 Å². The molecule has 1 aromatic carbocycles. The molecular formula is C32H36N6O5. The number of aliphatic carboxylic acids is 1. The number of carboxylic acids is 1. The van der Waals surface area contributed by atoms with Crippen LogP contribution < -0.4 is 21.3 Å². The van der Waals surface area contributed by atoms with Gasteiger partial charge in [-0.2, -0.15) is 0 Å². The van der Waals surface area contributed by atoms with E-state index in [0.717, 1.165) is 23.2 Å². The molecule has 0 radical (unpaired) electrons. The Kier molecular flexibility index (Phi) is 9.44. The topological polar surface area (TPSA) is 157 Å². The first-order valence-corrected chi connectivity index (χ1v) is 13.9. The van der Waals surface area contributed by atoms with Crippen LogP contribution >= 0.6 is 0 Å². The molecule has 2 heterocycles. The van der Waals surface area contributed by atoms with Gasteiger partial charge in [-0.15, -0.1) is 0 Å². The highest BCUT2D eigenvalue weighted by Crippen LogP contribution is 2.38. The molecule has 11 heteroatoms. The number of hydrogen-bond donors (Lipinski definition) is 4. The number of rotatable bonds is 12. The second-order valence-electron chi connectivity index (χ2n) is 10.5. The number of carbonyl (C=O) groups excluding carboxylic acids is 3. The van der Waals surface area contributed by atoms with Crippen LogP contribution in [0.5, 0.6) is 0 Å². The summed E-state index contributed by atoms with van der Waals surface area (Å²) in [6, 6.07) is 4.81. The van der Waals surface area contributed by atoms with Gasteiger partial charge in [-0.3, -0.25) is 14.4 Å². The molecule has 3 aliphatic rings. The molecule has 43 heavy (non-hydrogen) atoms. The van der Waals surface area contributed by atoms with Crippen molar-refractivity contribution in [2.45, 2.75) is 44.8 Å². The predicted octanol–water partition coefficient (Wildman–Crippen LogP) is 2.24. The predicted molar refractivity (Wildman–Crippen MR) is 165 cm³/mol. The minimum atomic E-state index is -1.09. The quantitative estimate of drug-likeness (QED) is 0.166. The lowest BCUT2D eigenvalue weighted by Crippen LogP contribution is -2.46. The maximum absolute atomic E-state index is 13.2. The molecule has 2 unspecified atom stereocenters. The molecule has 2 aliphatic heterocycles. The van der Waals surface area contributed by atoms with Gasteiger partial charge in [-0.05, 0) is 49.5 Å². The van der Waals surface area contributed by atoms with Crippen LogP contribution in [0.2, 0.25) is 0 Å². The number of ketones is 1. The third kappa shape index (κ3) is 6.83. The van der Waals surface area contributed by atoms with Crippen molar-refractivity contribution in [3.05, 3.63) is 101 Å². The largest absolute Gasteiger partial charge is 0.478 e. The zero-order chi connectivity index (χ0) is 31.3. The monoisotopic (exact) mass is 584 g/mol. The molecule has 2 amide bonds. The lowest BCUT2D eigenvalue weighted by Gasteiger charge is -2.30. The fourth-order valence-corrected chi connectivity index (χ4v) is 4.99. The number of nitrogens with one attached hydrogen (secondary N) is 2. The van der Waals surface area contributed by atoms with Gasteiger partial charge < -0.3 is 31.3 Å². The summed E-state index contributed by atoms with van der Waals surface area (Å²) in [6.45, 7) is 9.90. The molecule has 1 aromatic rings. The van der Waals surface area contributed by atoms with E-state index in [2.05, 4.69) is 28.8 Å². The molecule has 0 aromatic heterocycles. The summed E-state index contributed by atoms with van der Waals surface area (Å²) >= 11 is 0. The molecule has 0 saturated heterocycles. The van der Waals surface area contributed by atoms with Gasteiger partial charge in [-0.25, -0.2) is 9.79 Å². The van der Waals surface area contributed by atoms with Crippen molar-refractivity contribution in [1.29, 1.82) is 0 Å². The first-order chi connectivity index (χ1) is 20.5. The van der Waals surface area contributed by atoms with Crippen LogP contribution in [-0.2, 0) is 32.1 Å². The molecule has 224 valence electrons. The molecule has 4 rings (SSSR count). The Hall–Kier alpha value is -5.19. The second-order valence-corrected chi connectivity index (χ2v) is 10.5. The van der Waals surface area contributed by atoms with E-state index in [0.29, 0.717) is 36.4 Å². The lowest BCUT2D eigenvalue weighted by molar-refractivity contribution is -0.132. The van der Waals surface area contributed by atoms with Crippen molar-refractivity contribution in [1.82, 2.24) is 15.5 Å². The number of anilines is 1. The minimum Gasteiger partial charge on any atom is -0.478 e. The number of nitrogens with zero attached hydrogens (tertiary/aromatic N) is 3. The molecule has 0 spiro atoms. The number of benzene rings is 1. The third-order valence-electron chi connectivity index (χ3n) is 7.47. The normalized spacial score (nSPS) is 18.6. The number of aliphatic imine (C=N–C) groups is 1. The van der Waals surface area contributed by atoms with E-state index in [1.807, 2.05) is 42.2 Å². The van der Waals surface area contributed by atoms with E-state index in [1.54, 1.807) is 18.0 Å².